The summed E-state index contributed by atoms with van der Waals surface area (Å²) >= 11 is 0. The van der Waals surface area contributed by atoms with Crippen LogP contribution in [-0.2, 0) is 0 Å². The molecule has 6 heteroatoms. The Labute approximate surface area is 66.1 Å². The fourth-order valence-corrected chi connectivity index (χ4v) is 1.26. The van der Waals surface area contributed by atoms with Gasteiger partial charge in [-0.05, 0) is 7.05 Å². The maximum Gasteiger partial charge on any atom is 0.329 e. The topological polar surface area (TPSA) is 3.24 Å². The molecule has 0 amide bonds. The van der Waals surface area contributed by atoms with Crippen molar-refractivity contribution in [3.63, 3.8) is 0 Å². The summed E-state index contributed by atoms with van der Waals surface area (Å²) in [6.45, 7) is -2.55. The van der Waals surface area contributed by atoms with Crippen LogP contribution in [0.2, 0.25) is 0 Å². The van der Waals surface area contributed by atoms with Crippen LogP contribution in [0.1, 0.15) is 0 Å². The maximum absolute atomic E-state index is 12.6. The average Bonchev–Trinajstić information content (AvgIpc) is 1.99. The Hall–Kier alpha value is -0.390. The van der Waals surface area contributed by atoms with E-state index in [4.69, 9.17) is 0 Å². The van der Waals surface area contributed by atoms with Gasteiger partial charge in [0.2, 0.25) is 0 Å². The highest BCUT2D eigenvalue weighted by Crippen LogP contribution is 2.44. The molecule has 1 fully saturated rings. The van der Waals surface area contributed by atoms with Crippen LogP contribution in [0.3, 0.4) is 0 Å². The molecule has 1 rings (SSSR count). The Balaban J connectivity index is 2.92. The van der Waals surface area contributed by atoms with Gasteiger partial charge in [0.1, 0.15) is 12.7 Å². The quantitative estimate of drug-likeness (QED) is 0.565. The van der Waals surface area contributed by atoms with E-state index < -0.39 is 31.1 Å². The van der Waals surface area contributed by atoms with Crippen LogP contribution in [0.5, 0.6) is 0 Å². The largest absolute Gasteiger partial charge is 0.329 e. The van der Waals surface area contributed by atoms with Crippen LogP contribution >= 0.6 is 0 Å². The molecule has 0 N–H and O–H groups in total. The number of rotatable bonds is 1. The molecule has 1 saturated heterocycles. The zero-order chi connectivity index (χ0) is 9.57. The second kappa shape index (κ2) is 2.55. The van der Waals surface area contributed by atoms with Crippen LogP contribution in [0.15, 0.2) is 0 Å². The van der Waals surface area contributed by atoms with Gasteiger partial charge in [0.05, 0.1) is 6.54 Å². The molecule has 1 heterocycles. The molecule has 0 aromatic heterocycles. The van der Waals surface area contributed by atoms with Crippen LogP contribution in [0.4, 0.5) is 22.0 Å². The third kappa shape index (κ3) is 1.09. The lowest BCUT2D eigenvalue weighted by molar-refractivity contribution is -0.188. The summed E-state index contributed by atoms with van der Waals surface area (Å²) in [6.07, 6.45) is 0. The van der Waals surface area contributed by atoms with Gasteiger partial charge in [0.25, 0.3) is 0 Å². The monoisotopic (exact) mass is 189 g/mol. The van der Waals surface area contributed by atoms with Gasteiger partial charge in [-0.15, -0.1) is 0 Å². The molecule has 1 aliphatic heterocycles. The Morgan fingerprint density at radius 2 is 1.83 bits per heavy atom. The summed E-state index contributed by atoms with van der Waals surface area (Å²) in [5, 5.41) is 0. The van der Waals surface area contributed by atoms with Crippen molar-refractivity contribution in [2.45, 2.75) is 17.9 Å². The van der Waals surface area contributed by atoms with E-state index in [0.29, 0.717) is 4.90 Å². The summed E-state index contributed by atoms with van der Waals surface area (Å²) in [5.41, 5.74) is 0. The predicted octanol–water partition coefficient (Wildman–Crippen LogP) is 1.54. The van der Waals surface area contributed by atoms with E-state index in [1.165, 1.54) is 0 Å². The Morgan fingerprint density at radius 1 is 1.33 bits per heavy atom. The zero-order valence-electron chi connectivity index (χ0n) is 6.33. The number of alkyl halides is 5. The summed E-state index contributed by atoms with van der Waals surface area (Å²) in [7, 11) is 1.05. The first-order valence-electron chi connectivity index (χ1n) is 3.35. The summed E-state index contributed by atoms with van der Waals surface area (Å²) in [5.74, 6) is -8.37. The lowest BCUT2D eigenvalue weighted by Crippen LogP contribution is -2.45. The van der Waals surface area contributed by atoms with Crippen molar-refractivity contribution in [2.24, 2.45) is 0 Å². The summed E-state index contributed by atoms with van der Waals surface area (Å²) in [6, 6.07) is -1.99. The van der Waals surface area contributed by atoms with Crippen LogP contribution in [-0.4, -0.2) is 43.1 Å². The molecule has 1 aliphatic rings. The molecule has 0 aliphatic carbocycles. The maximum atomic E-state index is 12.6. The molecule has 1 unspecified atom stereocenters. The molecule has 1 nitrogen and oxygen atoms in total. The third-order valence-corrected chi connectivity index (χ3v) is 2.03. The van der Waals surface area contributed by atoms with Gasteiger partial charge in [-0.25, -0.2) is 4.39 Å². The van der Waals surface area contributed by atoms with E-state index in [9.17, 15) is 22.0 Å². The van der Waals surface area contributed by atoms with Crippen molar-refractivity contribution in [2.75, 3.05) is 20.3 Å². The second-order valence-electron chi connectivity index (χ2n) is 2.91. The number of hydrogen-bond donors (Lipinski definition) is 0. The summed E-state index contributed by atoms with van der Waals surface area (Å²) in [4.78, 5) is 0.639. The highest BCUT2D eigenvalue weighted by Gasteiger charge is 2.67. The van der Waals surface area contributed by atoms with Crippen molar-refractivity contribution in [1.82, 2.24) is 4.90 Å². The van der Waals surface area contributed by atoms with Gasteiger partial charge in [0, 0.05) is 0 Å². The van der Waals surface area contributed by atoms with Crippen molar-refractivity contribution < 1.29 is 22.0 Å². The zero-order valence-corrected chi connectivity index (χ0v) is 6.33. The molecule has 12 heavy (non-hydrogen) atoms. The van der Waals surface area contributed by atoms with Crippen LogP contribution in [0.25, 0.3) is 0 Å². The van der Waals surface area contributed by atoms with Crippen LogP contribution in [0, 0.1) is 0 Å². The van der Waals surface area contributed by atoms with Gasteiger partial charge in [-0.1, -0.05) is 0 Å². The smallest absolute Gasteiger partial charge is 0.289 e. The van der Waals surface area contributed by atoms with E-state index in [1.807, 2.05) is 0 Å². The second-order valence-corrected chi connectivity index (χ2v) is 2.91. The SMILES string of the molecule is CN1CC(F)(F)C(F)(F)C1CF. The van der Waals surface area contributed by atoms with Crippen molar-refractivity contribution in [1.29, 1.82) is 0 Å². The van der Waals surface area contributed by atoms with Gasteiger partial charge < -0.3 is 0 Å². The standard InChI is InChI=1S/C6H8F5N/c1-12-3-5(8,9)6(10,11)4(12)2-7/h4H,2-3H2,1H3. The number of nitrogens with zero attached hydrogens (tertiary/aromatic N) is 1. The highest BCUT2D eigenvalue weighted by atomic mass is 19.3. The molecule has 1 atom stereocenters. The first-order chi connectivity index (χ1) is 5.33. The van der Waals surface area contributed by atoms with E-state index in [0.717, 1.165) is 7.05 Å². The first-order valence-corrected chi connectivity index (χ1v) is 3.35. The number of halogens is 5. The average molecular weight is 189 g/mol. The molecule has 0 radical (unpaired) electrons. The summed E-state index contributed by atoms with van der Waals surface area (Å²) < 4.78 is 62.0. The van der Waals surface area contributed by atoms with Crippen molar-refractivity contribution >= 4 is 0 Å². The van der Waals surface area contributed by atoms with Gasteiger partial charge in [0.15, 0.2) is 0 Å². The Kier molecular flexibility index (Phi) is 2.06. The van der Waals surface area contributed by atoms with E-state index in [2.05, 4.69) is 0 Å². The predicted molar refractivity (Wildman–Crippen MR) is 32.3 cm³/mol. The minimum atomic E-state index is -4.25. The van der Waals surface area contributed by atoms with Gasteiger partial charge in [-0.3, -0.25) is 4.90 Å². The van der Waals surface area contributed by atoms with Crippen molar-refractivity contribution in [3.8, 4) is 0 Å². The highest BCUT2D eigenvalue weighted by molar-refractivity contribution is 5.03. The number of likely N-dealkylation sites (tertiary alicyclic amines) is 1. The normalized spacial score (nSPS) is 34.0. The van der Waals surface area contributed by atoms with Gasteiger partial charge >= 0.3 is 11.8 Å². The van der Waals surface area contributed by atoms with E-state index in [1.54, 1.807) is 0 Å². The Bertz CT molecular complexity index is 181. The molecular weight excluding hydrogens is 181 g/mol. The van der Waals surface area contributed by atoms with Crippen molar-refractivity contribution in [3.05, 3.63) is 0 Å². The fraction of sp³-hybridized carbons (Fsp3) is 1.00. The molecule has 0 bridgehead atoms. The molecule has 0 saturated carbocycles. The molecule has 72 valence electrons. The minimum absolute atomic E-state index is 0.639. The molecule has 0 aromatic rings. The van der Waals surface area contributed by atoms with E-state index in [-0.39, 0.29) is 0 Å². The molecular formula is C6H8F5N. The minimum Gasteiger partial charge on any atom is -0.289 e. The number of hydrogen-bond acceptors (Lipinski definition) is 1. The Morgan fingerprint density at radius 3 is 2.00 bits per heavy atom. The van der Waals surface area contributed by atoms with E-state index >= 15 is 0 Å². The molecule has 0 aromatic carbocycles. The lowest BCUT2D eigenvalue weighted by Gasteiger charge is -2.22. The lowest BCUT2D eigenvalue weighted by atomic mass is 10.1. The third-order valence-electron chi connectivity index (χ3n) is 2.03. The first kappa shape index (κ1) is 9.70. The fourth-order valence-electron chi connectivity index (χ4n) is 1.26. The molecule has 0 spiro atoms. The van der Waals surface area contributed by atoms with Gasteiger partial charge in [-0.2, -0.15) is 17.6 Å². The van der Waals surface area contributed by atoms with Crippen LogP contribution < -0.4 is 0 Å².